The lowest BCUT2D eigenvalue weighted by Gasteiger charge is -2.11. The van der Waals surface area contributed by atoms with Gasteiger partial charge in [-0.25, -0.2) is 9.18 Å². The minimum Gasteiger partial charge on any atom is -0.491 e. The fourth-order valence-corrected chi connectivity index (χ4v) is 1.90. The standard InChI is InChI=1S/C16H15FO3/c1-10(2)20-15-5-3-4-11(9-15)12-6-13(16(18)19)8-14(17)7-12/h3-10H,1-2H3,(H,18,19). The monoisotopic (exact) mass is 274 g/mol. The third-order valence-electron chi connectivity index (χ3n) is 2.68. The molecule has 0 unspecified atom stereocenters. The van der Waals surface area contributed by atoms with Gasteiger partial charge in [-0.3, -0.25) is 0 Å². The summed E-state index contributed by atoms with van der Waals surface area (Å²) < 4.78 is 19.1. The zero-order valence-electron chi connectivity index (χ0n) is 11.3. The minimum absolute atomic E-state index is 0.0346. The van der Waals surface area contributed by atoms with Gasteiger partial charge in [0.15, 0.2) is 0 Å². The van der Waals surface area contributed by atoms with E-state index in [2.05, 4.69) is 0 Å². The summed E-state index contributed by atoms with van der Waals surface area (Å²) in [5, 5.41) is 8.96. The van der Waals surface area contributed by atoms with Crippen LogP contribution in [0, 0.1) is 5.82 Å². The Balaban J connectivity index is 2.43. The van der Waals surface area contributed by atoms with Gasteiger partial charge in [0.25, 0.3) is 0 Å². The van der Waals surface area contributed by atoms with Gasteiger partial charge in [0.05, 0.1) is 11.7 Å². The lowest BCUT2D eigenvalue weighted by molar-refractivity contribution is 0.0696. The maximum atomic E-state index is 13.5. The fraction of sp³-hybridized carbons (Fsp3) is 0.188. The molecule has 0 saturated carbocycles. The second-order valence-electron chi connectivity index (χ2n) is 4.73. The van der Waals surface area contributed by atoms with E-state index in [4.69, 9.17) is 9.84 Å². The zero-order valence-corrected chi connectivity index (χ0v) is 11.3. The number of benzene rings is 2. The minimum atomic E-state index is -1.15. The van der Waals surface area contributed by atoms with E-state index >= 15 is 0 Å². The number of carboxylic acid groups (broad SMARTS) is 1. The van der Waals surface area contributed by atoms with Gasteiger partial charge in [-0.05, 0) is 55.3 Å². The SMILES string of the molecule is CC(C)Oc1cccc(-c2cc(F)cc(C(=O)O)c2)c1. The molecule has 2 rings (SSSR count). The molecule has 0 bridgehead atoms. The van der Waals surface area contributed by atoms with Gasteiger partial charge >= 0.3 is 5.97 Å². The van der Waals surface area contributed by atoms with Crippen molar-refractivity contribution in [1.29, 1.82) is 0 Å². The third-order valence-corrected chi connectivity index (χ3v) is 2.68. The van der Waals surface area contributed by atoms with Crippen molar-refractivity contribution in [3.63, 3.8) is 0 Å². The average Bonchev–Trinajstić information content (AvgIpc) is 2.37. The maximum Gasteiger partial charge on any atom is 0.335 e. The number of carbonyl (C=O) groups is 1. The summed E-state index contributed by atoms with van der Waals surface area (Å²) in [5.41, 5.74) is 1.15. The second-order valence-corrected chi connectivity index (χ2v) is 4.73. The van der Waals surface area contributed by atoms with Crippen molar-refractivity contribution in [2.45, 2.75) is 20.0 Å². The lowest BCUT2D eigenvalue weighted by atomic mass is 10.0. The Morgan fingerprint density at radius 2 is 1.90 bits per heavy atom. The molecule has 2 aromatic carbocycles. The molecule has 104 valence electrons. The summed E-state index contributed by atoms with van der Waals surface area (Å²) in [4.78, 5) is 11.0. The Labute approximate surface area is 116 Å². The molecule has 1 N–H and O–H groups in total. The van der Waals surface area contributed by atoms with Crippen LogP contribution in [0.2, 0.25) is 0 Å². The zero-order chi connectivity index (χ0) is 14.7. The number of ether oxygens (including phenoxy) is 1. The third kappa shape index (κ3) is 3.35. The highest BCUT2D eigenvalue weighted by atomic mass is 19.1. The largest absolute Gasteiger partial charge is 0.491 e. The smallest absolute Gasteiger partial charge is 0.335 e. The summed E-state index contributed by atoms with van der Waals surface area (Å²) >= 11 is 0. The predicted molar refractivity (Wildman–Crippen MR) is 74.6 cm³/mol. The molecule has 4 heteroatoms. The van der Waals surface area contributed by atoms with Crippen molar-refractivity contribution in [3.8, 4) is 16.9 Å². The molecular formula is C16H15FO3. The number of carboxylic acids is 1. The van der Waals surface area contributed by atoms with Gasteiger partial charge in [0.1, 0.15) is 11.6 Å². The molecule has 0 aliphatic heterocycles. The highest BCUT2D eigenvalue weighted by Crippen LogP contribution is 2.26. The van der Waals surface area contributed by atoms with Crippen LogP contribution in [0.25, 0.3) is 11.1 Å². The molecule has 20 heavy (non-hydrogen) atoms. The van der Waals surface area contributed by atoms with Gasteiger partial charge in [-0.2, -0.15) is 0 Å². The van der Waals surface area contributed by atoms with Crippen LogP contribution in [0.15, 0.2) is 42.5 Å². The summed E-state index contributed by atoms with van der Waals surface area (Å²) in [6.07, 6.45) is 0.0346. The van der Waals surface area contributed by atoms with Crippen LogP contribution in [-0.2, 0) is 0 Å². The predicted octanol–water partition coefficient (Wildman–Crippen LogP) is 3.98. The maximum absolute atomic E-state index is 13.5. The van der Waals surface area contributed by atoms with Crippen molar-refractivity contribution in [2.24, 2.45) is 0 Å². The first-order valence-electron chi connectivity index (χ1n) is 6.26. The first-order chi connectivity index (χ1) is 9.45. The summed E-state index contributed by atoms with van der Waals surface area (Å²) in [6.45, 7) is 3.83. The Morgan fingerprint density at radius 3 is 2.55 bits per heavy atom. The molecule has 0 atom stereocenters. The highest BCUT2D eigenvalue weighted by molar-refractivity contribution is 5.89. The molecule has 0 fully saturated rings. The molecule has 0 radical (unpaired) electrons. The molecule has 0 aliphatic carbocycles. The number of rotatable bonds is 4. The Morgan fingerprint density at radius 1 is 1.15 bits per heavy atom. The fourth-order valence-electron chi connectivity index (χ4n) is 1.90. The number of halogens is 1. The van der Waals surface area contributed by atoms with Crippen LogP contribution in [0.5, 0.6) is 5.75 Å². The van der Waals surface area contributed by atoms with Crippen LogP contribution >= 0.6 is 0 Å². The van der Waals surface area contributed by atoms with E-state index < -0.39 is 11.8 Å². The summed E-state index contributed by atoms with van der Waals surface area (Å²) in [5.74, 6) is -1.06. The van der Waals surface area contributed by atoms with E-state index in [1.807, 2.05) is 13.8 Å². The van der Waals surface area contributed by atoms with E-state index in [1.165, 1.54) is 12.1 Å². The molecule has 0 amide bonds. The molecule has 0 aromatic heterocycles. The van der Waals surface area contributed by atoms with E-state index in [0.29, 0.717) is 16.9 Å². The molecular weight excluding hydrogens is 259 g/mol. The Hall–Kier alpha value is -2.36. The summed E-state index contributed by atoms with van der Waals surface area (Å²) in [7, 11) is 0. The van der Waals surface area contributed by atoms with Crippen molar-refractivity contribution in [2.75, 3.05) is 0 Å². The number of aromatic carboxylic acids is 1. The van der Waals surface area contributed by atoms with Gasteiger partial charge in [-0.1, -0.05) is 12.1 Å². The molecule has 0 saturated heterocycles. The topological polar surface area (TPSA) is 46.5 Å². The van der Waals surface area contributed by atoms with Crippen molar-refractivity contribution in [1.82, 2.24) is 0 Å². The van der Waals surface area contributed by atoms with Crippen molar-refractivity contribution < 1.29 is 19.0 Å². The molecule has 0 spiro atoms. The van der Waals surface area contributed by atoms with Gasteiger partial charge in [0.2, 0.25) is 0 Å². The first-order valence-corrected chi connectivity index (χ1v) is 6.26. The molecule has 3 nitrogen and oxygen atoms in total. The van der Waals surface area contributed by atoms with E-state index in [-0.39, 0.29) is 11.7 Å². The van der Waals surface area contributed by atoms with E-state index in [9.17, 15) is 9.18 Å². The Kier molecular flexibility index (Phi) is 4.03. The quantitative estimate of drug-likeness (QED) is 0.917. The number of hydrogen-bond acceptors (Lipinski definition) is 2. The molecule has 0 aliphatic rings. The normalized spacial score (nSPS) is 10.6. The van der Waals surface area contributed by atoms with Crippen molar-refractivity contribution in [3.05, 3.63) is 53.8 Å². The Bertz CT molecular complexity index is 635. The van der Waals surface area contributed by atoms with Gasteiger partial charge in [0, 0.05) is 0 Å². The average molecular weight is 274 g/mol. The van der Waals surface area contributed by atoms with Gasteiger partial charge < -0.3 is 9.84 Å². The van der Waals surface area contributed by atoms with Crippen molar-refractivity contribution >= 4 is 5.97 Å². The van der Waals surface area contributed by atoms with Crippen LogP contribution in [0.1, 0.15) is 24.2 Å². The number of hydrogen-bond donors (Lipinski definition) is 1. The highest BCUT2D eigenvalue weighted by Gasteiger charge is 2.09. The first kappa shape index (κ1) is 14.1. The second kappa shape index (κ2) is 5.74. The van der Waals surface area contributed by atoms with E-state index in [1.54, 1.807) is 24.3 Å². The van der Waals surface area contributed by atoms with Crippen LogP contribution in [0.3, 0.4) is 0 Å². The van der Waals surface area contributed by atoms with Gasteiger partial charge in [-0.15, -0.1) is 0 Å². The molecule has 2 aromatic rings. The van der Waals surface area contributed by atoms with E-state index in [0.717, 1.165) is 6.07 Å². The molecule has 0 heterocycles. The van der Waals surface area contributed by atoms with Crippen LogP contribution < -0.4 is 4.74 Å². The summed E-state index contributed by atoms with van der Waals surface area (Å²) in [6, 6.07) is 10.9. The van der Waals surface area contributed by atoms with Crippen LogP contribution in [0.4, 0.5) is 4.39 Å². The van der Waals surface area contributed by atoms with Crippen LogP contribution in [-0.4, -0.2) is 17.2 Å². The lowest BCUT2D eigenvalue weighted by Crippen LogP contribution is -2.05.